The fraction of sp³-hybridized carbons (Fsp3) is 0.600. The number of ether oxygens (including phenoxy) is 3. The van der Waals surface area contributed by atoms with E-state index in [0.29, 0.717) is 30.2 Å². The number of nitrogens with zero attached hydrogens (tertiary/aromatic N) is 1. The zero-order valence-corrected chi connectivity index (χ0v) is 22.3. The van der Waals surface area contributed by atoms with Gasteiger partial charge in [0.1, 0.15) is 18.3 Å². The first-order valence-electron chi connectivity index (χ1n) is 13.7. The average molecular weight is 510 g/mol. The maximum absolute atomic E-state index is 12.7. The molecule has 7 heteroatoms. The van der Waals surface area contributed by atoms with Crippen LogP contribution in [0.3, 0.4) is 0 Å². The number of cyclic esters (lactones) is 1. The van der Waals surface area contributed by atoms with E-state index in [-0.39, 0.29) is 48.3 Å². The molecule has 4 rings (SSSR count). The highest BCUT2D eigenvalue weighted by atomic mass is 16.6. The third-order valence-corrected chi connectivity index (χ3v) is 8.09. The van der Waals surface area contributed by atoms with Crippen molar-refractivity contribution < 1.29 is 28.6 Å². The van der Waals surface area contributed by atoms with Crippen molar-refractivity contribution in [3.05, 3.63) is 53.9 Å². The second kappa shape index (κ2) is 12.1. The summed E-state index contributed by atoms with van der Waals surface area (Å²) in [4.78, 5) is 41.5. The van der Waals surface area contributed by atoms with Gasteiger partial charge in [0.05, 0.1) is 17.9 Å². The molecule has 2 aliphatic carbocycles. The number of rotatable bonds is 8. The molecule has 1 aromatic rings. The highest BCUT2D eigenvalue weighted by Crippen LogP contribution is 2.45. The number of carbonyl (C=O) groups is 3. The summed E-state index contributed by atoms with van der Waals surface area (Å²) in [6.07, 6.45) is 12.4. The molecule has 7 nitrogen and oxygen atoms in total. The maximum atomic E-state index is 12.7. The molecular weight excluding hydrogens is 470 g/mol. The van der Waals surface area contributed by atoms with Gasteiger partial charge in [-0.05, 0) is 61.1 Å². The van der Waals surface area contributed by atoms with E-state index in [1.54, 1.807) is 18.3 Å². The molecular formula is C30H39NO6. The van der Waals surface area contributed by atoms with Gasteiger partial charge in [0.2, 0.25) is 0 Å². The first-order chi connectivity index (χ1) is 17.7. The Morgan fingerprint density at radius 1 is 1.19 bits per heavy atom. The molecule has 0 spiro atoms. The Morgan fingerprint density at radius 3 is 2.73 bits per heavy atom. The SMILES string of the molecule is CC[C@@H](C)C(=O)O[C@H]1C[C@H](C)C=C2C=C[C@@H](C)[C@@H](CCC3C[C@@H](OC(=O)c4cccnc4)CC(=O)O3)[C@@H]21. The Hall–Kier alpha value is -2.96. The second-order valence-electron chi connectivity index (χ2n) is 11.0. The number of aromatic nitrogens is 1. The van der Waals surface area contributed by atoms with Crippen LogP contribution >= 0.6 is 0 Å². The molecule has 200 valence electrons. The van der Waals surface area contributed by atoms with Gasteiger partial charge in [-0.2, -0.15) is 0 Å². The average Bonchev–Trinajstić information content (AvgIpc) is 2.87. The first-order valence-corrected chi connectivity index (χ1v) is 13.7. The number of hydrogen-bond donors (Lipinski definition) is 0. The van der Waals surface area contributed by atoms with E-state index in [1.165, 1.54) is 11.8 Å². The second-order valence-corrected chi connectivity index (χ2v) is 11.0. The first kappa shape index (κ1) is 27.1. The van der Waals surface area contributed by atoms with Gasteiger partial charge in [0.25, 0.3) is 0 Å². The number of esters is 3. The van der Waals surface area contributed by atoms with Crippen LogP contribution in [0.1, 0.15) is 76.6 Å². The predicted octanol–water partition coefficient (Wildman–Crippen LogP) is 5.46. The molecule has 0 radical (unpaired) electrons. The lowest BCUT2D eigenvalue weighted by Crippen LogP contribution is -2.42. The molecule has 37 heavy (non-hydrogen) atoms. The van der Waals surface area contributed by atoms with Crippen molar-refractivity contribution in [3.8, 4) is 0 Å². The third kappa shape index (κ3) is 6.68. The molecule has 0 amide bonds. The van der Waals surface area contributed by atoms with Crippen molar-refractivity contribution >= 4 is 17.9 Å². The molecule has 0 saturated carbocycles. The Kier molecular flexibility index (Phi) is 8.83. The van der Waals surface area contributed by atoms with Crippen LogP contribution < -0.4 is 0 Å². The zero-order chi connectivity index (χ0) is 26.5. The van der Waals surface area contributed by atoms with Crippen LogP contribution in [0.4, 0.5) is 0 Å². The van der Waals surface area contributed by atoms with Gasteiger partial charge in [-0.25, -0.2) is 4.79 Å². The minimum Gasteiger partial charge on any atom is -0.462 e. The van der Waals surface area contributed by atoms with E-state index in [4.69, 9.17) is 14.2 Å². The van der Waals surface area contributed by atoms with Gasteiger partial charge in [0, 0.05) is 24.7 Å². The van der Waals surface area contributed by atoms with Crippen LogP contribution in [-0.4, -0.2) is 41.2 Å². The predicted molar refractivity (Wildman–Crippen MR) is 138 cm³/mol. The van der Waals surface area contributed by atoms with Gasteiger partial charge in [0.15, 0.2) is 0 Å². The lowest BCUT2D eigenvalue weighted by molar-refractivity contribution is -0.162. The van der Waals surface area contributed by atoms with Crippen molar-refractivity contribution in [2.45, 2.75) is 84.5 Å². The summed E-state index contributed by atoms with van der Waals surface area (Å²) in [7, 11) is 0. The summed E-state index contributed by atoms with van der Waals surface area (Å²) in [5.74, 6) is -0.0285. The molecule has 0 aromatic carbocycles. The van der Waals surface area contributed by atoms with Crippen molar-refractivity contribution in [3.63, 3.8) is 0 Å². The topological polar surface area (TPSA) is 91.8 Å². The summed E-state index contributed by atoms with van der Waals surface area (Å²) < 4.78 is 17.4. The van der Waals surface area contributed by atoms with Crippen molar-refractivity contribution in [2.75, 3.05) is 0 Å². The lowest BCUT2D eigenvalue weighted by Gasteiger charge is -2.43. The molecule has 1 aliphatic heterocycles. The largest absolute Gasteiger partial charge is 0.462 e. The van der Waals surface area contributed by atoms with Gasteiger partial charge >= 0.3 is 17.9 Å². The molecule has 1 aromatic heterocycles. The van der Waals surface area contributed by atoms with E-state index >= 15 is 0 Å². The van der Waals surface area contributed by atoms with Crippen LogP contribution in [0.2, 0.25) is 0 Å². The van der Waals surface area contributed by atoms with E-state index in [0.717, 1.165) is 19.3 Å². The van der Waals surface area contributed by atoms with Crippen molar-refractivity contribution in [1.82, 2.24) is 4.98 Å². The quantitative estimate of drug-likeness (QED) is 0.340. The molecule has 1 fully saturated rings. The van der Waals surface area contributed by atoms with Gasteiger partial charge in [-0.1, -0.05) is 45.9 Å². The monoisotopic (exact) mass is 509 g/mol. The number of pyridine rings is 1. The van der Waals surface area contributed by atoms with Crippen molar-refractivity contribution in [2.24, 2.45) is 29.6 Å². The number of carbonyl (C=O) groups excluding carboxylic acids is 3. The van der Waals surface area contributed by atoms with Crippen LogP contribution in [0.5, 0.6) is 0 Å². The Labute approximate surface area is 219 Å². The zero-order valence-electron chi connectivity index (χ0n) is 22.3. The summed E-state index contributed by atoms with van der Waals surface area (Å²) in [5.41, 5.74) is 1.61. The minimum atomic E-state index is -0.516. The minimum absolute atomic E-state index is 0.0616. The lowest BCUT2D eigenvalue weighted by atomic mass is 9.65. The van der Waals surface area contributed by atoms with Crippen LogP contribution in [0.15, 0.2) is 48.3 Å². The normalized spacial score (nSPS) is 31.9. The fourth-order valence-corrected chi connectivity index (χ4v) is 5.85. The standard InChI is InChI=1S/C30H39NO6/c1-5-19(3)29(33)37-26-14-18(2)13-21-9-8-20(4)25(28(21)26)11-10-23-15-24(16-27(32)35-23)36-30(34)22-7-6-12-31-17-22/h6-9,12-13,17-20,23-26,28H,5,10-11,14-16H2,1-4H3/t18-,19-,20-,23?,24-,25-,26+,28-/m1/s1. The van der Waals surface area contributed by atoms with Gasteiger partial charge in [-0.15, -0.1) is 0 Å². The van der Waals surface area contributed by atoms with Gasteiger partial charge in [-0.3, -0.25) is 14.6 Å². The molecule has 8 atom stereocenters. The highest BCUT2D eigenvalue weighted by molar-refractivity contribution is 5.89. The van der Waals surface area contributed by atoms with E-state index in [9.17, 15) is 14.4 Å². The Morgan fingerprint density at radius 2 is 2.00 bits per heavy atom. The third-order valence-electron chi connectivity index (χ3n) is 8.09. The van der Waals surface area contributed by atoms with E-state index < -0.39 is 12.1 Å². The molecule has 1 saturated heterocycles. The summed E-state index contributed by atoms with van der Waals surface area (Å²) in [6, 6.07) is 3.32. The van der Waals surface area contributed by atoms with Crippen LogP contribution in [0.25, 0.3) is 0 Å². The van der Waals surface area contributed by atoms with Crippen molar-refractivity contribution in [1.29, 1.82) is 0 Å². The number of allylic oxidation sites excluding steroid dienone is 3. The summed E-state index contributed by atoms with van der Waals surface area (Å²) in [6.45, 7) is 8.29. The molecule has 1 unspecified atom stereocenters. The highest BCUT2D eigenvalue weighted by Gasteiger charge is 2.42. The summed E-state index contributed by atoms with van der Waals surface area (Å²) >= 11 is 0. The molecule has 3 aliphatic rings. The van der Waals surface area contributed by atoms with Crippen LogP contribution in [-0.2, 0) is 23.8 Å². The fourth-order valence-electron chi connectivity index (χ4n) is 5.85. The van der Waals surface area contributed by atoms with E-state index in [2.05, 4.69) is 37.1 Å². The smallest absolute Gasteiger partial charge is 0.339 e. The molecule has 0 bridgehead atoms. The Balaban J connectivity index is 1.42. The summed E-state index contributed by atoms with van der Waals surface area (Å²) in [5, 5.41) is 0. The molecule has 0 N–H and O–H groups in total. The van der Waals surface area contributed by atoms with E-state index in [1.807, 2.05) is 13.8 Å². The molecule has 2 heterocycles. The Bertz CT molecular complexity index is 1030. The van der Waals surface area contributed by atoms with Crippen LogP contribution in [0, 0.1) is 29.6 Å². The number of hydrogen-bond acceptors (Lipinski definition) is 7. The number of fused-ring (bicyclic) bond motifs is 1. The maximum Gasteiger partial charge on any atom is 0.339 e. The van der Waals surface area contributed by atoms with Gasteiger partial charge < -0.3 is 14.2 Å².